The second-order valence-corrected chi connectivity index (χ2v) is 5.59. The Labute approximate surface area is 123 Å². The summed E-state index contributed by atoms with van der Waals surface area (Å²) < 4.78 is 13.7. The van der Waals surface area contributed by atoms with Gasteiger partial charge in [-0.2, -0.15) is 0 Å². The van der Waals surface area contributed by atoms with Crippen LogP contribution in [-0.2, 0) is 9.59 Å². The molecule has 0 bridgehead atoms. The standard InChI is InChI=1S/C16H20FNO3/c1-10(11-6-4-5-9-14(11)17)18-15(19)12-7-2-3-8-13(12)16(20)21/h4-6,9-10,12-13H,2-3,7-8H2,1H3,(H,18,19)(H,20,21)/t10?,12-,13+/m1/s1. The first kappa shape index (κ1) is 15.5. The van der Waals surface area contributed by atoms with Crippen molar-refractivity contribution in [2.45, 2.75) is 38.6 Å². The normalized spacial score (nSPS) is 23.3. The Morgan fingerprint density at radius 3 is 2.48 bits per heavy atom. The Bertz CT molecular complexity index is 532. The van der Waals surface area contributed by atoms with Gasteiger partial charge < -0.3 is 10.4 Å². The van der Waals surface area contributed by atoms with E-state index < -0.39 is 23.8 Å². The molecular weight excluding hydrogens is 273 g/mol. The van der Waals surface area contributed by atoms with Gasteiger partial charge in [-0.1, -0.05) is 31.0 Å². The lowest BCUT2D eigenvalue weighted by molar-refractivity contribution is -0.149. The largest absolute Gasteiger partial charge is 0.481 e. The maximum absolute atomic E-state index is 13.7. The van der Waals surface area contributed by atoms with Crippen molar-refractivity contribution in [2.75, 3.05) is 0 Å². The highest BCUT2D eigenvalue weighted by atomic mass is 19.1. The summed E-state index contributed by atoms with van der Waals surface area (Å²) in [7, 11) is 0. The van der Waals surface area contributed by atoms with Crippen LogP contribution < -0.4 is 5.32 Å². The smallest absolute Gasteiger partial charge is 0.307 e. The van der Waals surface area contributed by atoms with Crippen LogP contribution in [0.5, 0.6) is 0 Å². The molecule has 1 aliphatic rings. The van der Waals surface area contributed by atoms with Crippen LogP contribution in [0.1, 0.15) is 44.2 Å². The number of aliphatic carboxylic acids is 1. The first-order valence-electron chi connectivity index (χ1n) is 7.28. The number of halogens is 1. The summed E-state index contributed by atoms with van der Waals surface area (Å²) >= 11 is 0. The molecule has 1 fully saturated rings. The minimum absolute atomic E-state index is 0.294. The fraction of sp³-hybridized carbons (Fsp3) is 0.500. The number of nitrogens with one attached hydrogen (secondary N) is 1. The summed E-state index contributed by atoms with van der Waals surface area (Å²) in [4.78, 5) is 23.6. The van der Waals surface area contributed by atoms with E-state index >= 15 is 0 Å². The molecule has 1 aromatic carbocycles. The van der Waals surface area contributed by atoms with E-state index in [0.717, 1.165) is 12.8 Å². The first-order valence-corrected chi connectivity index (χ1v) is 7.28. The fourth-order valence-corrected chi connectivity index (χ4v) is 2.96. The topological polar surface area (TPSA) is 66.4 Å². The Kier molecular flexibility index (Phi) is 4.94. The number of benzene rings is 1. The summed E-state index contributed by atoms with van der Waals surface area (Å²) in [6.45, 7) is 1.70. The zero-order chi connectivity index (χ0) is 15.4. The maximum atomic E-state index is 13.7. The van der Waals surface area contributed by atoms with Gasteiger partial charge in [0.05, 0.1) is 17.9 Å². The molecular formula is C16H20FNO3. The van der Waals surface area contributed by atoms with Gasteiger partial charge in [-0.15, -0.1) is 0 Å². The maximum Gasteiger partial charge on any atom is 0.307 e. The van der Waals surface area contributed by atoms with Gasteiger partial charge in [-0.3, -0.25) is 9.59 Å². The number of carbonyl (C=O) groups excluding carboxylic acids is 1. The molecule has 4 nitrogen and oxygen atoms in total. The van der Waals surface area contributed by atoms with Crippen molar-refractivity contribution >= 4 is 11.9 Å². The average molecular weight is 293 g/mol. The zero-order valence-electron chi connectivity index (χ0n) is 12.0. The summed E-state index contributed by atoms with van der Waals surface area (Å²) in [5.74, 6) is -2.74. The van der Waals surface area contributed by atoms with E-state index in [-0.39, 0.29) is 11.7 Å². The van der Waals surface area contributed by atoms with Gasteiger partial charge in [0.25, 0.3) is 0 Å². The molecule has 0 aliphatic heterocycles. The van der Waals surface area contributed by atoms with Gasteiger partial charge in [0.2, 0.25) is 5.91 Å². The number of carbonyl (C=O) groups is 2. The van der Waals surface area contributed by atoms with Crippen LogP contribution in [0.4, 0.5) is 4.39 Å². The molecule has 1 unspecified atom stereocenters. The molecule has 0 aromatic heterocycles. The van der Waals surface area contributed by atoms with Crippen molar-refractivity contribution in [1.29, 1.82) is 0 Å². The molecule has 3 atom stereocenters. The molecule has 0 heterocycles. The van der Waals surface area contributed by atoms with Crippen LogP contribution in [0, 0.1) is 17.7 Å². The van der Waals surface area contributed by atoms with E-state index in [1.165, 1.54) is 6.07 Å². The van der Waals surface area contributed by atoms with E-state index in [4.69, 9.17) is 0 Å². The minimum Gasteiger partial charge on any atom is -0.481 e. The Morgan fingerprint density at radius 2 is 1.86 bits per heavy atom. The zero-order valence-corrected chi connectivity index (χ0v) is 12.0. The number of hydrogen-bond acceptors (Lipinski definition) is 2. The molecule has 2 N–H and O–H groups in total. The molecule has 114 valence electrons. The minimum atomic E-state index is -0.923. The van der Waals surface area contributed by atoms with Crippen LogP contribution in [0.2, 0.25) is 0 Å². The molecule has 0 spiro atoms. The Hall–Kier alpha value is -1.91. The van der Waals surface area contributed by atoms with Crippen LogP contribution in [0.3, 0.4) is 0 Å². The summed E-state index contributed by atoms with van der Waals surface area (Å²) in [5.41, 5.74) is 0.411. The summed E-state index contributed by atoms with van der Waals surface area (Å²) in [5, 5.41) is 12.0. The van der Waals surface area contributed by atoms with E-state index in [9.17, 15) is 19.1 Å². The highest BCUT2D eigenvalue weighted by molar-refractivity contribution is 5.85. The van der Waals surface area contributed by atoms with Gasteiger partial charge in [-0.05, 0) is 25.8 Å². The fourth-order valence-electron chi connectivity index (χ4n) is 2.96. The lowest BCUT2D eigenvalue weighted by atomic mass is 9.78. The lowest BCUT2D eigenvalue weighted by Crippen LogP contribution is -2.40. The van der Waals surface area contributed by atoms with Gasteiger partial charge in [0.1, 0.15) is 5.82 Å². The van der Waals surface area contributed by atoms with Crippen LogP contribution in [0.15, 0.2) is 24.3 Å². The van der Waals surface area contributed by atoms with Gasteiger partial charge in [0.15, 0.2) is 0 Å². The highest BCUT2D eigenvalue weighted by Gasteiger charge is 2.36. The van der Waals surface area contributed by atoms with E-state index in [1.54, 1.807) is 25.1 Å². The van der Waals surface area contributed by atoms with E-state index in [1.807, 2.05) is 0 Å². The number of amides is 1. The van der Waals surface area contributed by atoms with Crippen LogP contribution >= 0.6 is 0 Å². The molecule has 1 amide bonds. The van der Waals surface area contributed by atoms with Gasteiger partial charge in [0, 0.05) is 5.56 Å². The second-order valence-electron chi connectivity index (χ2n) is 5.59. The quantitative estimate of drug-likeness (QED) is 0.897. The molecule has 5 heteroatoms. The number of rotatable bonds is 4. The molecule has 1 aromatic rings. The van der Waals surface area contributed by atoms with Crippen LogP contribution in [-0.4, -0.2) is 17.0 Å². The summed E-state index contributed by atoms with van der Waals surface area (Å²) in [6, 6.07) is 5.79. The molecule has 0 saturated heterocycles. The monoisotopic (exact) mass is 293 g/mol. The number of hydrogen-bond donors (Lipinski definition) is 2. The molecule has 1 aliphatic carbocycles. The van der Waals surface area contributed by atoms with Crippen molar-refractivity contribution < 1.29 is 19.1 Å². The van der Waals surface area contributed by atoms with E-state index in [2.05, 4.69) is 5.32 Å². The number of carboxylic acids is 1. The lowest BCUT2D eigenvalue weighted by Gasteiger charge is -2.28. The van der Waals surface area contributed by atoms with Crippen LogP contribution in [0.25, 0.3) is 0 Å². The highest BCUT2D eigenvalue weighted by Crippen LogP contribution is 2.31. The predicted molar refractivity (Wildman–Crippen MR) is 76.0 cm³/mol. The third kappa shape index (κ3) is 3.60. The Morgan fingerprint density at radius 1 is 1.24 bits per heavy atom. The van der Waals surface area contributed by atoms with Crippen molar-refractivity contribution in [3.63, 3.8) is 0 Å². The first-order chi connectivity index (χ1) is 10.0. The molecule has 0 radical (unpaired) electrons. The van der Waals surface area contributed by atoms with Gasteiger partial charge in [-0.25, -0.2) is 4.39 Å². The van der Waals surface area contributed by atoms with Crippen molar-refractivity contribution in [1.82, 2.24) is 5.32 Å². The predicted octanol–water partition coefficient (Wildman–Crippen LogP) is 2.89. The third-order valence-corrected chi connectivity index (χ3v) is 4.15. The number of carboxylic acid groups (broad SMARTS) is 1. The SMILES string of the molecule is CC(NC(=O)[C@@H]1CCCC[C@@H]1C(=O)O)c1ccccc1F. The van der Waals surface area contributed by atoms with Crippen molar-refractivity contribution in [3.8, 4) is 0 Å². The molecule has 21 heavy (non-hydrogen) atoms. The Balaban J connectivity index is 2.06. The summed E-state index contributed by atoms with van der Waals surface area (Å²) in [6.07, 6.45) is 2.80. The third-order valence-electron chi connectivity index (χ3n) is 4.15. The second kappa shape index (κ2) is 6.70. The van der Waals surface area contributed by atoms with E-state index in [0.29, 0.717) is 18.4 Å². The van der Waals surface area contributed by atoms with Gasteiger partial charge >= 0.3 is 5.97 Å². The van der Waals surface area contributed by atoms with Crippen molar-refractivity contribution in [3.05, 3.63) is 35.6 Å². The average Bonchev–Trinajstić information content (AvgIpc) is 2.47. The molecule has 2 rings (SSSR count). The van der Waals surface area contributed by atoms with Crippen molar-refractivity contribution in [2.24, 2.45) is 11.8 Å². The molecule has 1 saturated carbocycles.